The van der Waals surface area contributed by atoms with Crippen molar-refractivity contribution in [1.82, 2.24) is 9.97 Å². The summed E-state index contributed by atoms with van der Waals surface area (Å²) in [5, 5.41) is 13.2. The SMILES string of the molecule is O=[N+]([O-])c1cc(C=Nc2ccc3nc(S[C@H](c4ccccc4)c4ccc(Cl)cc4)sc3c2)ccc1Sc1ccccn1. The number of fused-ring (bicyclic) bond motifs is 1. The lowest BCUT2D eigenvalue weighted by molar-refractivity contribution is -0.387. The van der Waals surface area contributed by atoms with E-state index in [-0.39, 0.29) is 15.9 Å². The van der Waals surface area contributed by atoms with Crippen LogP contribution in [-0.2, 0) is 0 Å². The summed E-state index contributed by atoms with van der Waals surface area (Å²) in [6, 6.07) is 34.7. The van der Waals surface area contributed by atoms with Crippen LogP contribution in [0.15, 0.2) is 135 Å². The molecule has 0 aliphatic rings. The van der Waals surface area contributed by atoms with Gasteiger partial charge in [0.2, 0.25) is 0 Å². The number of hydrogen-bond acceptors (Lipinski definition) is 8. The minimum absolute atomic E-state index is 0.0165. The summed E-state index contributed by atoms with van der Waals surface area (Å²) in [5.41, 5.74) is 4.64. The van der Waals surface area contributed by atoms with E-state index in [4.69, 9.17) is 16.6 Å². The highest BCUT2D eigenvalue weighted by atomic mass is 35.5. The average molecular weight is 625 g/mol. The largest absolute Gasteiger partial charge is 0.283 e. The molecular weight excluding hydrogens is 604 g/mol. The predicted octanol–water partition coefficient (Wildman–Crippen LogP) is 10.0. The molecule has 0 N–H and O–H groups in total. The summed E-state index contributed by atoms with van der Waals surface area (Å²) in [6.07, 6.45) is 3.31. The van der Waals surface area contributed by atoms with Crippen molar-refractivity contribution < 1.29 is 4.92 Å². The average Bonchev–Trinajstić information content (AvgIpc) is 3.42. The Bertz CT molecular complexity index is 1880. The molecule has 0 spiro atoms. The lowest BCUT2D eigenvalue weighted by Gasteiger charge is -2.16. The van der Waals surface area contributed by atoms with Crippen molar-refractivity contribution in [3.63, 3.8) is 0 Å². The highest BCUT2D eigenvalue weighted by molar-refractivity contribution is 8.01. The van der Waals surface area contributed by atoms with Crippen molar-refractivity contribution in [2.24, 2.45) is 4.99 Å². The van der Waals surface area contributed by atoms with Gasteiger partial charge < -0.3 is 0 Å². The van der Waals surface area contributed by atoms with Crippen LogP contribution in [0.3, 0.4) is 0 Å². The van der Waals surface area contributed by atoms with Crippen molar-refractivity contribution in [3.05, 3.63) is 147 Å². The molecule has 4 aromatic carbocycles. The number of thiazole rings is 1. The number of thioether (sulfide) groups is 1. The van der Waals surface area contributed by atoms with E-state index in [1.165, 1.54) is 23.4 Å². The standard InChI is InChI=1S/C32H21ClN4O2S3/c33-24-12-10-23(11-13-24)31(22-6-2-1-3-7-22)42-32-36-26-15-14-25(19-29(26)41-32)35-20-21-9-16-28(27(18-21)37(38)39)40-30-8-4-5-17-34-30/h1-20,31H/t31-/m1/s1. The van der Waals surface area contributed by atoms with Crippen molar-refractivity contribution in [2.75, 3.05) is 0 Å². The summed E-state index contributed by atoms with van der Waals surface area (Å²) in [5.74, 6) is 0. The molecule has 6 aromatic rings. The summed E-state index contributed by atoms with van der Waals surface area (Å²) in [6.45, 7) is 0. The van der Waals surface area contributed by atoms with Crippen LogP contribution in [-0.4, -0.2) is 21.1 Å². The maximum atomic E-state index is 11.8. The van der Waals surface area contributed by atoms with Gasteiger partial charge in [0.05, 0.1) is 31.0 Å². The van der Waals surface area contributed by atoms with Gasteiger partial charge in [0.25, 0.3) is 5.69 Å². The Morgan fingerprint density at radius 3 is 2.45 bits per heavy atom. The number of nitro groups is 1. The molecule has 42 heavy (non-hydrogen) atoms. The van der Waals surface area contributed by atoms with Gasteiger partial charge in [0.1, 0.15) is 5.03 Å². The lowest BCUT2D eigenvalue weighted by Crippen LogP contribution is -1.96. The van der Waals surface area contributed by atoms with E-state index in [1.54, 1.807) is 41.6 Å². The van der Waals surface area contributed by atoms with E-state index in [1.807, 2.05) is 72.8 Å². The molecule has 0 bridgehead atoms. The second kappa shape index (κ2) is 12.9. The van der Waals surface area contributed by atoms with Gasteiger partial charge in [-0.05, 0) is 65.2 Å². The van der Waals surface area contributed by atoms with Crippen LogP contribution >= 0.6 is 46.5 Å². The normalized spacial score (nSPS) is 12.1. The van der Waals surface area contributed by atoms with Gasteiger partial charge in [0.15, 0.2) is 4.34 Å². The fourth-order valence-corrected chi connectivity index (χ4v) is 7.64. The van der Waals surface area contributed by atoms with Gasteiger partial charge in [-0.3, -0.25) is 15.1 Å². The van der Waals surface area contributed by atoms with Crippen molar-refractivity contribution in [3.8, 4) is 0 Å². The van der Waals surface area contributed by atoms with E-state index in [0.717, 1.165) is 25.8 Å². The zero-order valence-corrected chi connectivity index (χ0v) is 25.0. The fourth-order valence-electron chi connectivity index (χ4n) is 4.23. The molecule has 0 saturated heterocycles. The second-order valence-electron chi connectivity index (χ2n) is 9.10. The van der Waals surface area contributed by atoms with Crippen molar-refractivity contribution >= 4 is 74.3 Å². The van der Waals surface area contributed by atoms with E-state index in [0.29, 0.717) is 20.5 Å². The third kappa shape index (κ3) is 6.71. The summed E-state index contributed by atoms with van der Waals surface area (Å²) < 4.78 is 1.97. The maximum Gasteiger partial charge on any atom is 0.283 e. The molecule has 0 aliphatic heterocycles. The molecule has 0 unspecified atom stereocenters. The minimum atomic E-state index is -0.377. The summed E-state index contributed by atoms with van der Waals surface area (Å²) in [4.78, 5) is 25.7. The van der Waals surface area contributed by atoms with Crippen LogP contribution in [0.4, 0.5) is 11.4 Å². The van der Waals surface area contributed by atoms with Crippen LogP contribution in [0.25, 0.3) is 10.2 Å². The van der Waals surface area contributed by atoms with E-state index in [9.17, 15) is 10.1 Å². The van der Waals surface area contributed by atoms with Crippen LogP contribution in [0.1, 0.15) is 21.9 Å². The number of pyridine rings is 1. The smallest absolute Gasteiger partial charge is 0.258 e. The first kappa shape index (κ1) is 28.1. The second-order valence-corrected chi connectivity index (χ2v) is 13.0. The number of halogens is 1. The Hall–Kier alpha value is -4.02. The van der Waals surface area contributed by atoms with E-state index >= 15 is 0 Å². The molecule has 0 fully saturated rings. The molecule has 0 aliphatic carbocycles. The van der Waals surface area contributed by atoms with Crippen LogP contribution in [0.5, 0.6) is 0 Å². The topological polar surface area (TPSA) is 81.3 Å². The first-order valence-corrected chi connectivity index (χ1v) is 15.7. The van der Waals surface area contributed by atoms with Gasteiger partial charge in [-0.1, -0.05) is 89.7 Å². The van der Waals surface area contributed by atoms with Crippen molar-refractivity contribution in [1.29, 1.82) is 0 Å². The number of nitro benzene ring substituents is 1. The summed E-state index contributed by atoms with van der Waals surface area (Å²) in [7, 11) is 0. The molecule has 0 amide bonds. The first-order valence-electron chi connectivity index (χ1n) is 12.8. The predicted molar refractivity (Wildman–Crippen MR) is 174 cm³/mol. The zero-order chi connectivity index (χ0) is 28.9. The summed E-state index contributed by atoms with van der Waals surface area (Å²) >= 11 is 10.7. The molecule has 206 valence electrons. The van der Waals surface area contributed by atoms with Crippen molar-refractivity contribution in [2.45, 2.75) is 19.5 Å². The van der Waals surface area contributed by atoms with Gasteiger partial charge in [-0.25, -0.2) is 9.97 Å². The molecule has 6 nitrogen and oxygen atoms in total. The highest BCUT2D eigenvalue weighted by Crippen LogP contribution is 2.44. The minimum Gasteiger partial charge on any atom is -0.258 e. The maximum absolute atomic E-state index is 11.8. The monoisotopic (exact) mass is 624 g/mol. The van der Waals surface area contributed by atoms with Gasteiger partial charge in [-0.15, -0.1) is 11.3 Å². The molecule has 2 heterocycles. The Labute approximate surface area is 259 Å². The van der Waals surface area contributed by atoms with Crippen LogP contribution < -0.4 is 0 Å². The lowest BCUT2D eigenvalue weighted by atomic mass is 10.0. The van der Waals surface area contributed by atoms with Gasteiger partial charge in [-0.2, -0.15) is 0 Å². The molecule has 1 atom stereocenters. The molecule has 0 saturated carbocycles. The number of rotatable bonds is 9. The highest BCUT2D eigenvalue weighted by Gasteiger charge is 2.19. The van der Waals surface area contributed by atoms with Crippen LogP contribution in [0, 0.1) is 10.1 Å². The Morgan fingerprint density at radius 1 is 0.905 bits per heavy atom. The van der Waals surface area contributed by atoms with Crippen LogP contribution in [0.2, 0.25) is 5.02 Å². The third-order valence-electron chi connectivity index (χ3n) is 6.24. The fraction of sp³-hybridized carbons (Fsp3) is 0.0312. The number of aromatic nitrogens is 2. The van der Waals surface area contributed by atoms with E-state index in [2.05, 4.69) is 34.2 Å². The first-order chi connectivity index (χ1) is 20.5. The number of benzene rings is 4. The van der Waals surface area contributed by atoms with Gasteiger partial charge >= 0.3 is 0 Å². The van der Waals surface area contributed by atoms with E-state index < -0.39 is 0 Å². The molecule has 10 heteroatoms. The third-order valence-corrected chi connectivity index (χ3v) is 9.93. The Balaban J connectivity index is 1.23. The molecule has 6 rings (SSSR count). The zero-order valence-electron chi connectivity index (χ0n) is 21.8. The molecular formula is C32H21ClN4O2S3. The quantitative estimate of drug-likeness (QED) is 0.0689. The molecule has 2 aromatic heterocycles. The van der Waals surface area contributed by atoms with Gasteiger partial charge in [0, 0.05) is 23.5 Å². The Kier molecular flexibility index (Phi) is 8.62. The number of hydrogen-bond donors (Lipinski definition) is 0. The molecule has 0 radical (unpaired) electrons. The number of aliphatic imine (C=N–C) groups is 1. The Morgan fingerprint density at radius 2 is 1.69 bits per heavy atom. The number of nitrogens with zero attached hydrogens (tertiary/aromatic N) is 4.